The second-order valence-electron chi connectivity index (χ2n) is 3.59. The molecule has 2 rings (SSSR count). The molecule has 0 radical (unpaired) electrons. The molecule has 0 unspecified atom stereocenters. The van der Waals surface area contributed by atoms with Crippen LogP contribution in [0.25, 0.3) is 6.08 Å². The molecule has 1 amide bonds. The minimum absolute atomic E-state index is 0.186. The van der Waals surface area contributed by atoms with Crippen molar-refractivity contribution in [2.24, 2.45) is 4.99 Å². The molecule has 1 aliphatic heterocycles. The van der Waals surface area contributed by atoms with Crippen molar-refractivity contribution >= 4 is 28.9 Å². The number of hydrogen-bond donors (Lipinski definition) is 3. The number of aliphatic imine (C=N–C) groups is 1. The van der Waals surface area contributed by atoms with Crippen LogP contribution in [-0.4, -0.2) is 27.8 Å². The average molecular weight is 264 g/mol. The number of rotatable bonds is 2. The lowest BCUT2D eigenvalue weighted by Gasteiger charge is -1.99. The maximum Gasteiger partial charge on any atom is 0.264 e. The SMILES string of the molecule is CCN=C1NC(=O)/C(=C/c2ccc(O)c(O)c2)S1. The van der Waals surface area contributed by atoms with E-state index in [1.165, 1.54) is 23.9 Å². The fraction of sp³-hybridized carbons (Fsp3) is 0.167. The Morgan fingerprint density at radius 3 is 2.83 bits per heavy atom. The van der Waals surface area contributed by atoms with Gasteiger partial charge in [0, 0.05) is 6.54 Å². The monoisotopic (exact) mass is 264 g/mol. The number of carbonyl (C=O) groups excluding carboxylic acids is 1. The van der Waals surface area contributed by atoms with E-state index in [4.69, 9.17) is 0 Å². The van der Waals surface area contributed by atoms with E-state index >= 15 is 0 Å². The minimum atomic E-state index is -0.213. The number of phenols is 2. The third-order valence-corrected chi connectivity index (χ3v) is 3.20. The van der Waals surface area contributed by atoms with Gasteiger partial charge < -0.3 is 15.5 Å². The molecule has 1 heterocycles. The van der Waals surface area contributed by atoms with Crippen molar-refractivity contribution < 1.29 is 15.0 Å². The zero-order chi connectivity index (χ0) is 13.1. The maximum absolute atomic E-state index is 11.6. The Kier molecular flexibility index (Phi) is 3.57. The first-order valence-corrected chi connectivity index (χ1v) is 6.19. The van der Waals surface area contributed by atoms with E-state index in [1.54, 1.807) is 12.1 Å². The first-order chi connectivity index (χ1) is 8.60. The zero-order valence-electron chi connectivity index (χ0n) is 9.67. The molecule has 6 heteroatoms. The summed E-state index contributed by atoms with van der Waals surface area (Å²) in [6.07, 6.45) is 1.64. The van der Waals surface area contributed by atoms with Crippen LogP contribution in [0.2, 0.25) is 0 Å². The normalized spacial score (nSPS) is 19.5. The molecule has 5 nitrogen and oxygen atoms in total. The molecule has 1 aromatic rings. The van der Waals surface area contributed by atoms with Gasteiger partial charge in [0.15, 0.2) is 16.7 Å². The van der Waals surface area contributed by atoms with Gasteiger partial charge in [0.2, 0.25) is 0 Å². The highest BCUT2D eigenvalue weighted by Gasteiger charge is 2.23. The lowest BCUT2D eigenvalue weighted by atomic mass is 10.2. The maximum atomic E-state index is 11.6. The second-order valence-corrected chi connectivity index (χ2v) is 4.62. The Morgan fingerprint density at radius 2 is 2.17 bits per heavy atom. The molecular formula is C12H12N2O3S. The molecule has 1 aromatic carbocycles. The molecule has 0 aromatic heterocycles. The number of benzene rings is 1. The van der Waals surface area contributed by atoms with Gasteiger partial charge in [-0.3, -0.25) is 9.79 Å². The highest BCUT2D eigenvalue weighted by Crippen LogP contribution is 2.29. The fourth-order valence-corrected chi connectivity index (χ4v) is 2.31. The fourth-order valence-electron chi connectivity index (χ4n) is 1.43. The van der Waals surface area contributed by atoms with Crippen LogP contribution in [0.3, 0.4) is 0 Å². The lowest BCUT2D eigenvalue weighted by Crippen LogP contribution is -2.19. The Hall–Kier alpha value is -1.95. The second kappa shape index (κ2) is 5.14. The number of thioether (sulfide) groups is 1. The van der Waals surface area contributed by atoms with Crippen LogP contribution in [0.15, 0.2) is 28.1 Å². The van der Waals surface area contributed by atoms with Crippen LogP contribution in [0.5, 0.6) is 11.5 Å². The summed E-state index contributed by atoms with van der Waals surface area (Å²) in [6.45, 7) is 2.50. The number of aromatic hydroxyl groups is 2. The summed E-state index contributed by atoms with van der Waals surface area (Å²) < 4.78 is 0. The van der Waals surface area contributed by atoms with E-state index in [-0.39, 0.29) is 17.4 Å². The smallest absolute Gasteiger partial charge is 0.264 e. The Labute approximate surface area is 108 Å². The van der Waals surface area contributed by atoms with Crippen LogP contribution in [-0.2, 0) is 4.79 Å². The van der Waals surface area contributed by atoms with Crippen molar-refractivity contribution in [3.05, 3.63) is 28.7 Å². The number of amides is 1. The van der Waals surface area contributed by atoms with Crippen LogP contribution in [0.4, 0.5) is 0 Å². The van der Waals surface area contributed by atoms with Crippen LogP contribution >= 0.6 is 11.8 Å². The summed E-state index contributed by atoms with van der Waals surface area (Å²) in [5.74, 6) is -0.608. The highest BCUT2D eigenvalue weighted by atomic mass is 32.2. The van der Waals surface area contributed by atoms with Crippen molar-refractivity contribution in [1.29, 1.82) is 0 Å². The lowest BCUT2D eigenvalue weighted by molar-refractivity contribution is -0.115. The first-order valence-electron chi connectivity index (χ1n) is 5.37. The predicted molar refractivity (Wildman–Crippen MR) is 71.5 cm³/mol. The number of carbonyl (C=O) groups is 1. The van der Waals surface area contributed by atoms with E-state index < -0.39 is 0 Å². The van der Waals surface area contributed by atoms with Gasteiger partial charge in [-0.15, -0.1) is 0 Å². The van der Waals surface area contributed by atoms with Crippen molar-refractivity contribution in [3.63, 3.8) is 0 Å². The summed E-state index contributed by atoms with van der Waals surface area (Å²) in [7, 11) is 0. The van der Waals surface area contributed by atoms with Gasteiger partial charge in [-0.25, -0.2) is 0 Å². The third kappa shape index (κ3) is 2.65. The summed E-state index contributed by atoms with van der Waals surface area (Å²) in [4.78, 5) is 16.2. The Morgan fingerprint density at radius 1 is 1.39 bits per heavy atom. The van der Waals surface area contributed by atoms with Crippen molar-refractivity contribution in [1.82, 2.24) is 5.32 Å². The molecule has 1 fully saturated rings. The van der Waals surface area contributed by atoms with Gasteiger partial charge in [-0.05, 0) is 42.5 Å². The largest absolute Gasteiger partial charge is 0.504 e. The van der Waals surface area contributed by atoms with E-state index in [2.05, 4.69) is 10.3 Å². The summed E-state index contributed by atoms with van der Waals surface area (Å²) in [5, 5.41) is 21.8. The quantitative estimate of drug-likeness (QED) is 0.560. The molecule has 0 spiro atoms. The number of nitrogens with one attached hydrogen (secondary N) is 1. The molecule has 94 valence electrons. The van der Waals surface area contributed by atoms with Gasteiger partial charge in [-0.1, -0.05) is 6.07 Å². The topological polar surface area (TPSA) is 81.9 Å². The predicted octanol–water partition coefficient (Wildman–Crippen LogP) is 1.68. The van der Waals surface area contributed by atoms with Crippen LogP contribution in [0.1, 0.15) is 12.5 Å². The van der Waals surface area contributed by atoms with Gasteiger partial charge in [-0.2, -0.15) is 0 Å². The molecular weight excluding hydrogens is 252 g/mol. The standard InChI is InChI=1S/C12H12N2O3S/c1-2-13-12-14-11(17)10(18-12)6-7-3-4-8(15)9(16)5-7/h3-6,15-16H,2H2,1H3,(H,13,14,17)/b10-6-. The van der Waals surface area contributed by atoms with Gasteiger partial charge in [0.25, 0.3) is 5.91 Å². The zero-order valence-corrected chi connectivity index (χ0v) is 10.5. The van der Waals surface area contributed by atoms with E-state index in [0.717, 1.165) is 0 Å². The van der Waals surface area contributed by atoms with Crippen molar-refractivity contribution in [2.45, 2.75) is 6.92 Å². The van der Waals surface area contributed by atoms with Crippen molar-refractivity contribution in [2.75, 3.05) is 6.54 Å². The summed E-state index contributed by atoms with van der Waals surface area (Å²) >= 11 is 1.25. The minimum Gasteiger partial charge on any atom is -0.504 e. The van der Waals surface area contributed by atoms with E-state index in [9.17, 15) is 15.0 Å². The average Bonchev–Trinajstić information content (AvgIpc) is 2.65. The first kappa shape index (κ1) is 12.5. The van der Waals surface area contributed by atoms with Crippen LogP contribution in [0, 0.1) is 0 Å². The summed E-state index contributed by atoms with van der Waals surface area (Å²) in [6, 6.07) is 4.39. The molecule has 0 bridgehead atoms. The van der Waals surface area contributed by atoms with E-state index in [1.807, 2.05) is 6.92 Å². The Balaban J connectivity index is 2.26. The molecule has 1 saturated heterocycles. The summed E-state index contributed by atoms with van der Waals surface area (Å²) in [5.41, 5.74) is 0.640. The van der Waals surface area contributed by atoms with Crippen LogP contribution < -0.4 is 5.32 Å². The Bertz CT molecular complexity index is 552. The number of phenolic OH excluding ortho intramolecular Hbond substituents is 2. The molecule has 0 aliphatic carbocycles. The van der Waals surface area contributed by atoms with Gasteiger partial charge in [0.1, 0.15) is 0 Å². The van der Waals surface area contributed by atoms with Gasteiger partial charge >= 0.3 is 0 Å². The highest BCUT2D eigenvalue weighted by molar-refractivity contribution is 8.18. The number of nitrogens with zero attached hydrogens (tertiary/aromatic N) is 1. The molecule has 3 N–H and O–H groups in total. The molecule has 18 heavy (non-hydrogen) atoms. The molecule has 0 saturated carbocycles. The third-order valence-electron chi connectivity index (χ3n) is 2.25. The van der Waals surface area contributed by atoms with Crippen molar-refractivity contribution in [3.8, 4) is 11.5 Å². The molecule has 0 atom stereocenters. The van der Waals surface area contributed by atoms with Gasteiger partial charge in [0.05, 0.1) is 4.91 Å². The molecule has 1 aliphatic rings. The number of hydrogen-bond acceptors (Lipinski definition) is 5. The number of amidine groups is 1. The van der Waals surface area contributed by atoms with E-state index in [0.29, 0.717) is 22.2 Å².